The van der Waals surface area contributed by atoms with Crippen LogP contribution in [0.25, 0.3) is 0 Å². The molecule has 0 N–H and O–H groups in total. The van der Waals surface area contributed by atoms with Gasteiger partial charge in [0.25, 0.3) is 0 Å². The fraction of sp³-hybridized carbons (Fsp3) is 1.00. The lowest BCUT2D eigenvalue weighted by atomic mass is 9.76. The molecule has 0 aliphatic heterocycles. The average molecular weight is 365 g/mol. The van der Waals surface area contributed by atoms with Gasteiger partial charge in [0, 0.05) is 6.61 Å². The van der Waals surface area contributed by atoms with E-state index in [4.69, 9.17) is 4.74 Å². The lowest BCUT2D eigenvalue weighted by Crippen LogP contribution is -2.23. The zero-order chi connectivity index (χ0) is 18.5. The Balaban J connectivity index is 1.46. The summed E-state index contributed by atoms with van der Waals surface area (Å²) in [5.74, 6) is 3.14. The van der Waals surface area contributed by atoms with Crippen LogP contribution in [-0.2, 0) is 4.74 Å². The lowest BCUT2D eigenvalue weighted by Gasteiger charge is -2.32. The maximum absolute atomic E-state index is 6.03. The number of hydrogen-bond donors (Lipinski definition) is 0. The van der Waals surface area contributed by atoms with E-state index >= 15 is 0 Å². The standard InChI is InChI=1S/C25H48O/c1-3-5-7-8-9-10-22-11-13-23(14-12-22)15-16-24-17-19-25(20-18-24)26-21-6-4-2/h22-25H,3-21H2,1-2H3/t22-,23-,24-,25-. The molecule has 0 bridgehead atoms. The summed E-state index contributed by atoms with van der Waals surface area (Å²) in [6.07, 6.45) is 26.6. The van der Waals surface area contributed by atoms with Crippen LogP contribution >= 0.6 is 0 Å². The first kappa shape index (κ1) is 22.3. The van der Waals surface area contributed by atoms with Gasteiger partial charge in [-0.25, -0.2) is 0 Å². The molecule has 0 spiro atoms. The molecule has 2 saturated carbocycles. The SMILES string of the molecule is CCCCCCC[C@H]1CC[C@H](CC[C@H]2CC[C@H](OCCCC)CC2)CC1. The highest BCUT2D eigenvalue weighted by molar-refractivity contribution is 4.77. The normalized spacial score (nSPS) is 29.8. The van der Waals surface area contributed by atoms with Crippen molar-refractivity contribution in [2.75, 3.05) is 6.61 Å². The topological polar surface area (TPSA) is 9.23 Å². The first-order valence-electron chi connectivity index (χ1n) is 12.4. The minimum absolute atomic E-state index is 0.588. The Morgan fingerprint density at radius 2 is 1.04 bits per heavy atom. The average Bonchev–Trinajstić information content (AvgIpc) is 2.68. The minimum atomic E-state index is 0.588. The molecule has 26 heavy (non-hydrogen) atoms. The fourth-order valence-electron chi connectivity index (χ4n) is 5.30. The van der Waals surface area contributed by atoms with Crippen molar-refractivity contribution in [3.63, 3.8) is 0 Å². The molecule has 0 atom stereocenters. The van der Waals surface area contributed by atoms with E-state index in [0.717, 1.165) is 24.4 Å². The van der Waals surface area contributed by atoms with Crippen LogP contribution in [0.2, 0.25) is 0 Å². The summed E-state index contributed by atoms with van der Waals surface area (Å²) in [5, 5.41) is 0. The minimum Gasteiger partial charge on any atom is -0.378 e. The third-order valence-corrected chi connectivity index (χ3v) is 7.31. The number of unbranched alkanes of at least 4 members (excludes halogenated alkanes) is 5. The van der Waals surface area contributed by atoms with Crippen molar-refractivity contribution in [1.82, 2.24) is 0 Å². The Morgan fingerprint density at radius 3 is 1.62 bits per heavy atom. The quantitative estimate of drug-likeness (QED) is 0.298. The number of hydrogen-bond acceptors (Lipinski definition) is 1. The first-order chi connectivity index (χ1) is 12.8. The zero-order valence-corrected chi connectivity index (χ0v) is 18.2. The monoisotopic (exact) mass is 364 g/mol. The summed E-state index contributed by atoms with van der Waals surface area (Å²) in [6, 6.07) is 0. The maximum atomic E-state index is 6.03. The molecule has 0 aromatic carbocycles. The molecule has 0 aromatic heterocycles. The second-order valence-electron chi connectivity index (χ2n) is 9.53. The van der Waals surface area contributed by atoms with E-state index in [-0.39, 0.29) is 0 Å². The molecular weight excluding hydrogens is 316 g/mol. The van der Waals surface area contributed by atoms with Gasteiger partial charge in [0.15, 0.2) is 0 Å². The summed E-state index contributed by atoms with van der Waals surface area (Å²) in [7, 11) is 0. The summed E-state index contributed by atoms with van der Waals surface area (Å²) in [6.45, 7) is 5.56. The van der Waals surface area contributed by atoms with Crippen LogP contribution in [0.4, 0.5) is 0 Å². The molecule has 1 heteroatoms. The molecule has 154 valence electrons. The predicted molar refractivity (Wildman–Crippen MR) is 115 cm³/mol. The van der Waals surface area contributed by atoms with E-state index in [1.807, 2.05) is 0 Å². The molecule has 2 aliphatic carbocycles. The summed E-state index contributed by atoms with van der Waals surface area (Å²) < 4.78 is 6.03. The molecule has 0 saturated heterocycles. The summed E-state index contributed by atoms with van der Waals surface area (Å²) >= 11 is 0. The highest BCUT2D eigenvalue weighted by Gasteiger charge is 2.24. The Morgan fingerprint density at radius 1 is 0.538 bits per heavy atom. The van der Waals surface area contributed by atoms with E-state index in [2.05, 4.69) is 13.8 Å². The zero-order valence-electron chi connectivity index (χ0n) is 18.2. The van der Waals surface area contributed by atoms with Crippen molar-refractivity contribution in [2.45, 2.75) is 136 Å². The summed E-state index contributed by atoms with van der Waals surface area (Å²) in [4.78, 5) is 0. The van der Waals surface area contributed by atoms with Crippen LogP contribution in [0, 0.1) is 17.8 Å². The van der Waals surface area contributed by atoms with Crippen molar-refractivity contribution in [3.8, 4) is 0 Å². The lowest BCUT2D eigenvalue weighted by molar-refractivity contribution is 0.0150. The van der Waals surface area contributed by atoms with Crippen molar-refractivity contribution in [1.29, 1.82) is 0 Å². The van der Waals surface area contributed by atoms with Crippen molar-refractivity contribution < 1.29 is 4.74 Å². The van der Waals surface area contributed by atoms with Crippen LogP contribution in [-0.4, -0.2) is 12.7 Å². The smallest absolute Gasteiger partial charge is 0.0575 e. The van der Waals surface area contributed by atoms with Gasteiger partial charge in [0.05, 0.1) is 6.10 Å². The van der Waals surface area contributed by atoms with Crippen molar-refractivity contribution in [3.05, 3.63) is 0 Å². The second-order valence-corrected chi connectivity index (χ2v) is 9.53. The largest absolute Gasteiger partial charge is 0.378 e. The van der Waals surface area contributed by atoms with Gasteiger partial charge in [0.2, 0.25) is 0 Å². The van der Waals surface area contributed by atoms with Crippen molar-refractivity contribution >= 4 is 0 Å². The molecule has 2 aliphatic rings. The van der Waals surface area contributed by atoms with Crippen LogP contribution in [0.5, 0.6) is 0 Å². The molecule has 0 aromatic rings. The van der Waals surface area contributed by atoms with Gasteiger partial charge in [-0.15, -0.1) is 0 Å². The third-order valence-electron chi connectivity index (χ3n) is 7.31. The third kappa shape index (κ3) is 9.25. The van der Waals surface area contributed by atoms with Crippen LogP contribution in [0.3, 0.4) is 0 Å². The van der Waals surface area contributed by atoms with E-state index in [1.54, 1.807) is 0 Å². The molecular formula is C25H48O. The fourth-order valence-corrected chi connectivity index (χ4v) is 5.30. The molecule has 0 unspecified atom stereocenters. The van der Waals surface area contributed by atoms with Crippen LogP contribution in [0.15, 0.2) is 0 Å². The van der Waals surface area contributed by atoms with Gasteiger partial charge in [-0.2, -0.15) is 0 Å². The first-order valence-corrected chi connectivity index (χ1v) is 12.4. The van der Waals surface area contributed by atoms with Crippen LogP contribution in [0.1, 0.15) is 129 Å². The van der Waals surface area contributed by atoms with Crippen LogP contribution < -0.4 is 0 Å². The van der Waals surface area contributed by atoms with Gasteiger partial charge in [-0.3, -0.25) is 0 Å². The van der Waals surface area contributed by atoms with Gasteiger partial charge >= 0.3 is 0 Å². The highest BCUT2D eigenvalue weighted by atomic mass is 16.5. The second kappa shape index (κ2) is 14.0. The molecule has 1 nitrogen and oxygen atoms in total. The van der Waals surface area contributed by atoms with Gasteiger partial charge < -0.3 is 4.74 Å². The van der Waals surface area contributed by atoms with Gasteiger partial charge in [-0.05, 0) is 49.9 Å². The van der Waals surface area contributed by atoms with Gasteiger partial charge in [0.1, 0.15) is 0 Å². The summed E-state index contributed by atoms with van der Waals surface area (Å²) in [5.41, 5.74) is 0. The van der Waals surface area contributed by atoms with E-state index in [9.17, 15) is 0 Å². The van der Waals surface area contributed by atoms with E-state index in [0.29, 0.717) is 6.10 Å². The molecule has 2 rings (SSSR count). The van der Waals surface area contributed by atoms with E-state index in [1.165, 1.54) is 116 Å². The van der Waals surface area contributed by atoms with E-state index < -0.39 is 0 Å². The Kier molecular flexibility index (Phi) is 12.0. The Bertz CT molecular complexity index is 310. The number of ether oxygens (including phenoxy) is 1. The number of rotatable bonds is 13. The molecule has 0 amide bonds. The Hall–Kier alpha value is -0.0400. The molecule has 0 heterocycles. The molecule has 2 fully saturated rings. The maximum Gasteiger partial charge on any atom is 0.0575 e. The predicted octanol–water partition coefficient (Wildman–Crippen LogP) is 8.31. The highest BCUT2D eigenvalue weighted by Crippen LogP contribution is 2.37. The van der Waals surface area contributed by atoms with Crippen molar-refractivity contribution in [2.24, 2.45) is 17.8 Å². The van der Waals surface area contributed by atoms with Gasteiger partial charge in [-0.1, -0.05) is 97.3 Å². The Labute approximate surface area is 165 Å². The molecule has 0 radical (unpaired) electrons.